The van der Waals surface area contributed by atoms with Gasteiger partial charge in [-0.1, -0.05) is 42.5 Å². The average Bonchev–Trinajstić information content (AvgIpc) is 2.46. The molecule has 1 amide bonds. The van der Waals surface area contributed by atoms with Gasteiger partial charge in [0.15, 0.2) is 0 Å². The van der Waals surface area contributed by atoms with Gasteiger partial charge in [0.2, 0.25) is 5.91 Å². The van der Waals surface area contributed by atoms with Gasteiger partial charge in [0.1, 0.15) is 12.6 Å². The molecule has 0 heterocycles. The molecule has 104 valence electrons. The summed E-state index contributed by atoms with van der Waals surface area (Å²) in [5.74, 6) is -1.82. The van der Waals surface area contributed by atoms with Crippen LogP contribution in [0.25, 0.3) is 10.8 Å². The molecule has 5 heteroatoms. The fourth-order valence-electron chi connectivity index (χ4n) is 2.13. The number of carbonyl (C=O) groups is 2. The number of aliphatic carboxylic acids is 1. The van der Waals surface area contributed by atoms with Gasteiger partial charge in [-0.05, 0) is 16.3 Å². The van der Waals surface area contributed by atoms with Crippen LogP contribution in [-0.2, 0) is 16.0 Å². The minimum atomic E-state index is -1.13. The lowest BCUT2D eigenvalue weighted by Crippen LogP contribution is -2.43. The molecular weight excluding hydrogens is 258 g/mol. The maximum Gasteiger partial charge on any atom is 0.326 e. The van der Waals surface area contributed by atoms with Gasteiger partial charge in [0.25, 0.3) is 0 Å². The summed E-state index contributed by atoms with van der Waals surface area (Å²) < 4.78 is 0. The monoisotopic (exact) mass is 273 g/mol. The van der Waals surface area contributed by atoms with E-state index in [0.29, 0.717) is 0 Å². The number of aliphatic hydroxyl groups excluding tert-OH is 1. The molecule has 2 aromatic rings. The number of benzene rings is 2. The summed E-state index contributed by atoms with van der Waals surface area (Å²) in [6, 6.07) is 12.2. The van der Waals surface area contributed by atoms with Crippen LogP contribution in [0.2, 0.25) is 0 Å². The second-order valence-electron chi connectivity index (χ2n) is 4.46. The van der Waals surface area contributed by atoms with Crippen LogP contribution in [0.4, 0.5) is 0 Å². The van der Waals surface area contributed by atoms with Crippen molar-refractivity contribution >= 4 is 22.6 Å². The molecule has 0 aliphatic carbocycles. The number of fused-ring (bicyclic) bond motifs is 1. The number of carboxylic acids is 1. The van der Waals surface area contributed by atoms with Gasteiger partial charge < -0.3 is 15.5 Å². The van der Waals surface area contributed by atoms with E-state index in [1.165, 1.54) is 0 Å². The van der Waals surface area contributed by atoms with Crippen LogP contribution < -0.4 is 5.32 Å². The molecule has 0 saturated carbocycles. The summed E-state index contributed by atoms with van der Waals surface area (Å²) in [4.78, 5) is 22.4. The van der Waals surface area contributed by atoms with E-state index >= 15 is 0 Å². The Hall–Kier alpha value is -2.40. The van der Waals surface area contributed by atoms with E-state index in [2.05, 4.69) is 5.32 Å². The Morgan fingerprint density at radius 1 is 1.10 bits per heavy atom. The van der Waals surface area contributed by atoms with Crippen molar-refractivity contribution in [3.05, 3.63) is 48.0 Å². The number of carbonyl (C=O) groups excluding carboxylic acids is 1. The van der Waals surface area contributed by atoms with Crippen LogP contribution in [0.1, 0.15) is 5.56 Å². The highest BCUT2D eigenvalue weighted by Gasteiger charge is 2.20. The zero-order chi connectivity index (χ0) is 14.5. The van der Waals surface area contributed by atoms with E-state index in [0.717, 1.165) is 16.3 Å². The molecule has 20 heavy (non-hydrogen) atoms. The number of amides is 1. The Bertz CT molecular complexity index is 633. The van der Waals surface area contributed by atoms with Crippen LogP contribution in [0.3, 0.4) is 0 Å². The van der Waals surface area contributed by atoms with E-state index in [9.17, 15) is 9.59 Å². The van der Waals surface area contributed by atoms with Crippen molar-refractivity contribution in [1.29, 1.82) is 0 Å². The molecule has 0 aliphatic rings. The van der Waals surface area contributed by atoms with Gasteiger partial charge in [-0.3, -0.25) is 4.79 Å². The summed E-state index contributed by atoms with van der Waals surface area (Å²) in [5.41, 5.74) is 0.841. The minimum absolute atomic E-state index is 0.169. The third-order valence-electron chi connectivity index (χ3n) is 3.08. The standard InChI is InChI=1S/C15H15NO4/c17-9-14(18)16-13(15(19)20)8-11-6-3-5-10-4-1-2-7-12(10)11/h1-7,13,17H,8-9H2,(H,16,18)(H,19,20)/t13-/m0/s1. The van der Waals surface area contributed by atoms with Crippen molar-refractivity contribution in [3.63, 3.8) is 0 Å². The second kappa shape index (κ2) is 6.16. The first kappa shape index (κ1) is 14.0. The first-order valence-electron chi connectivity index (χ1n) is 6.21. The Balaban J connectivity index is 2.29. The Kier molecular flexibility index (Phi) is 4.32. The molecule has 3 N–H and O–H groups in total. The van der Waals surface area contributed by atoms with Gasteiger partial charge >= 0.3 is 5.97 Å². The van der Waals surface area contributed by atoms with Gasteiger partial charge in [-0.2, -0.15) is 0 Å². The van der Waals surface area contributed by atoms with Crippen molar-refractivity contribution in [2.45, 2.75) is 12.5 Å². The smallest absolute Gasteiger partial charge is 0.326 e. The van der Waals surface area contributed by atoms with Gasteiger partial charge in [-0.15, -0.1) is 0 Å². The normalized spacial score (nSPS) is 12.1. The number of carboxylic acid groups (broad SMARTS) is 1. The molecule has 0 bridgehead atoms. The fourth-order valence-corrected chi connectivity index (χ4v) is 2.13. The molecule has 2 rings (SSSR count). The highest BCUT2D eigenvalue weighted by atomic mass is 16.4. The predicted octanol–water partition coefficient (Wildman–Crippen LogP) is 0.944. The summed E-state index contributed by atoms with van der Waals surface area (Å²) in [6.07, 6.45) is 0.169. The maximum atomic E-state index is 11.2. The molecule has 0 radical (unpaired) electrons. The van der Waals surface area contributed by atoms with Gasteiger partial charge in [0.05, 0.1) is 0 Å². The first-order valence-corrected chi connectivity index (χ1v) is 6.21. The lowest BCUT2D eigenvalue weighted by atomic mass is 9.99. The van der Waals surface area contributed by atoms with E-state index < -0.39 is 24.5 Å². The molecule has 0 unspecified atom stereocenters. The number of hydrogen-bond acceptors (Lipinski definition) is 3. The number of hydrogen-bond donors (Lipinski definition) is 3. The Morgan fingerprint density at radius 3 is 2.50 bits per heavy atom. The summed E-state index contributed by atoms with van der Waals surface area (Å²) >= 11 is 0. The SMILES string of the molecule is O=C(CO)N[C@@H](Cc1cccc2ccccc12)C(=O)O. The third kappa shape index (κ3) is 3.13. The predicted molar refractivity (Wildman–Crippen MR) is 74.3 cm³/mol. The van der Waals surface area contributed by atoms with Crippen molar-refractivity contribution < 1.29 is 19.8 Å². The van der Waals surface area contributed by atoms with Crippen LogP contribution in [0.5, 0.6) is 0 Å². The van der Waals surface area contributed by atoms with Crippen LogP contribution in [0.15, 0.2) is 42.5 Å². The summed E-state index contributed by atoms with van der Waals surface area (Å²) in [5, 5.41) is 22.1. The highest BCUT2D eigenvalue weighted by molar-refractivity contribution is 5.88. The van der Waals surface area contributed by atoms with E-state index in [1.807, 2.05) is 42.5 Å². The molecule has 5 nitrogen and oxygen atoms in total. The molecular formula is C15H15NO4. The maximum absolute atomic E-state index is 11.2. The number of rotatable bonds is 5. The number of aliphatic hydroxyl groups is 1. The van der Waals surface area contributed by atoms with E-state index in [4.69, 9.17) is 10.2 Å². The molecule has 0 aromatic heterocycles. The molecule has 0 saturated heterocycles. The lowest BCUT2D eigenvalue weighted by Gasteiger charge is -2.15. The summed E-state index contributed by atoms with van der Waals surface area (Å²) in [6.45, 7) is -0.723. The molecule has 0 fully saturated rings. The van der Waals surface area contributed by atoms with Crippen molar-refractivity contribution in [2.24, 2.45) is 0 Å². The Labute approximate surface area is 115 Å². The van der Waals surface area contributed by atoms with Crippen LogP contribution >= 0.6 is 0 Å². The largest absolute Gasteiger partial charge is 0.480 e. The zero-order valence-electron chi connectivity index (χ0n) is 10.7. The minimum Gasteiger partial charge on any atom is -0.480 e. The first-order chi connectivity index (χ1) is 9.61. The third-order valence-corrected chi connectivity index (χ3v) is 3.08. The molecule has 2 aromatic carbocycles. The molecule has 0 aliphatic heterocycles. The van der Waals surface area contributed by atoms with Crippen molar-refractivity contribution in [3.8, 4) is 0 Å². The zero-order valence-corrected chi connectivity index (χ0v) is 10.7. The van der Waals surface area contributed by atoms with Gasteiger partial charge in [-0.25, -0.2) is 4.79 Å². The molecule has 1 atom stereocenters. The van der Waals surface area contributed by atoms with Crippen LogP contribution in [0, 0.1) is 0 Å². The van der Waals surface area contributed by atoms with Crippen LogP contribution in [-0.4, -0.2) is 34.7 Å². The van der Waals surface area contributed by atoms with Crippen molar-refractivity contribution in [2.75, 3.05) is 6.61 Å². The Morgan fingerprint density at radius 2 is 1.80 bits per heavy atom. The van der Waals surface area contributed by atoms with Gasteiger partial charge in [0, 0.05) is 6.42 Å². The average molecular weight is 273 g/mol. The van der Waals surface area contributed by atoms with E-state index in [1.54, 1.807) is 0 Å². The highest BCUT2D eigenvalue weighted by Crippen LogP contribution is 2.19. The van der Waals surface area contributed by atoms with Crippen molar-refractivity contribution in [1.82, 2.24) is 5.32 Å². The summed E-state index contributed by atoms with van der Waals surface area (Å²) in [7, 11) is 0. The topological polar surface area (TPSA) is 86.6 Å². The second-order valence-corrected chi connectivity index (χ2v) is 4.46. The number of nitrogens with one attached hydrogen (secondary N) is 1. The lowest BCUT2D eigenvalue weighted by molar-refractivity contribution is -0.142. The molecule has 0 spiro atoms. The van der Waals surface area contributed by atoms with E-state index in [-0.39, 0.29) is 6.42 Å². The quantitative estimate of drug-likeness (QED) is 0.757. The fraction of sp³-hybridized carbons (Fsp3) is 0.200.